The van der Waals surface area contributed by atoms with E-state index in [9.17, 15) is 9.59 Å². The smallest absolute Gasteiger partial charge is 0.230 e. The largest absolute Gasteiger partial charge is 0.296 e. The SMILES string of the molecule is O=C1NC(=O)[C@@H]2C[C@H](Br)[C@@H](Br)C[C@H]12. The van der Waals surface area contributed by atoms with Gasteiger partial charge in [-0.15, -0.1) is 0 Å². The van der Waals surface area contributed by atoms with E-state index in [1.807, 2.05) is 0 Å². The molecule has 0 aromatic rings. The lowest BCUT2D eigenvalue weighted by Crippen LogP contribution is -2.34. The first-order valence-electron chi connectivity index (χ1n) is 4.22. The summed E-state index contributed by atoms with van der Waals surface area (Å²) in [5, 5.41) is 2.38. The van der Waals surface area contributed by atoms with Crippen molar-refractivity contribution in [2.24, 2.45) is 11.8 Å². The summed E-state index contributed by atoms with van der Waals surface area (Å²) in [6.45, 7) is 0. The molecular formula is C8H9Br2NO2. The van der Waals surface area contributed by atoms with Crippen molar-refractivity contribution < 1.29 is 9.59 Å². The molecule has 0 unspecified atom stereocenters. The number of rotatable bonds is 0. The first kappa shape index (κ1) is 9.65. The number of amides is 2. The van der Waals surface area contributed by atoms with Crippen LogP contribution >= 0.6 is 31.9 Å². The van der Waals surface area contributed by atoms with E-state index >= 15 is 0 Å². The van der Waals surface area contributed by atoms with E-state index < -0.39 is 0 Å². The van der Waals surface area contributed by atoms with Crippen molar-refractivity contribution in [2.45, 2.75) is 22.5 Å². The van der Waals surface area contributed by atoms with E-state index in [2.05, 4.69) is 37.2 Å². The van der Waals surface area contributed by atoms with Gasteiger partial charge in [-0.05, 0) is 12.8 Å². The van der Waals surface area contributed by atoms with E-state index in [4.69, 9.17) is 0 Å². The third-order valence-corrected chi connectivity index (χ3v) is 5.49. The maximum Gasteiger partial charge on any atom is 0.230 e. The third kappa shape index (κ3) is 1.56. The van der Waals surface area contributed by atoms with Crippen molar-refractivity contribution in [3.63, 3.8) is 0 Å². The monoisotopic (exact) mass is 309 g/mol. The highest BCUT2D eigenvalue weighted by Gasteiger charge is 2.47. The van der Waals surface area contributed by atoms with Crippen LogP contribution < -0.4 is 5.32 Å². The summed E-state index contributed by atoms with van der Waals surface area (Å²) in [5.74, 6) is -0.408. The Morgan fingerprint density at radius 1 is 1.00 bits per heavy atom. The van der Waals surface area contributed by atoms with Gasteiger partial charge in [-0.2, -0.15) is 0 Å². The quantitative estimate of drug-likeness (QED) is 0.540. The number of hydrogen-bond donors (Lipinski definition) is 1. The Hall–Kier alpha value is 0.1000. The van der Waals surface area contributed by atoms with Crippen molar-refractivity contribution in [1.29, 1.82) is 0 Å². The van der Waals surface area contributed by atoms with E-state index in [-0.39, 0.29) is 23.7 Å². The number of hydrogen-bond acceptors (Lipinski definition) is 2. The minimum absolute atomic E-state index is 0.0983. The maximum absolute atomic E-state index is 11.3. The predicted molar refractivity (Wildman–Crippen MR) is 54.8 cm³/mol. The van der Waals surface area contributed by atoms with Gasteiger partial charge in [-0.1, -0.05) is 31.9 Å². The number of carbonyl (C=O) groups excluding carboxylic acids is 2. The molecular weight excluding hydrogens is 302 g/mol. The number of nitrogens with one attached hydrogen (secondary N) is 1. The Kier molecular flexibility index (Phi) is 2.49. The molecule has 0 bridgehead atoms. The molecule has 1 N–H and O–H groups in total. The number of alkyl halides is 2. The molecule has 3 nitrogen and oxygen atoms in total. The molecule has 72 valence electrons. The van der Waals surface area contributed by atoms with Gasteiger partial charge < -0.3 is 0 Å². The summed E-state index contributed by atoms with van der Waals surface area (Å²) in [6, 6.07) is 0. The lowest BCUT2D eigenvalue weighted by Gasteiger charge is -2.29. The molecule has 2 fully saturated rings. The van der Waals surface area contributed by atoms with Gasteiger partial charge in [0.2, 0.25) is 11.8 Å². The molecule has 4 atom stereocenters. The van der Waals surface area contributed by atoms with Crippen LogP contribution in [0.3, 0.4) is 0 Å². The standard InChI is InChI=1S/C8H9Br2NO2/c9-5-1-3-4(2-6(5)10)8(13)11-7(3)12/h3-6H,1-2H2,(H,11,12,13)/t3-,4+,5-,6-/m0/s1. The summed E-state index contributed by atoms with van der Waals surface area (Å²) < 4.78 is 0. The van der Waals surface area contributed by atoms with E-state index in [1.54, 1.807) is 0 Å². The average Bonchev–Trinajstić information content (AvgIpc) is 2.31. The lowest BCUT2D eigenvalue weighted by molar-refractivity contribution is -0.126. The third-order valence-electron chi connectivity index (χ3n) is 2.76. The van der Waals surface area contributed by atoms with Crippen molar-refractivity contribution in [3.8, 4) is 0 Å². The molecule has 13 heavy (non-hydrogen) atoms. The molecule has 1 saturated carbocycles. The predicted octanol–water partition coefficient (Wildman–Crippen LogP) is 1.20. The summed E-state index contributed by atoms with van der Waals surface area (Å²) in [4.78, 5) is 23.2. The van der Waals surface area contributed by atoms with Gasteiger partial charge in [0.25, 0.3) is 0 Å². The van der Waals surface area contributed by atoms with Crippen LogP contribution in [-0.2, 0) is 9.59 Å². The highest BCUT2D eigenvalue weighted by atomic mass is 79.9. The molecule has 0 aromatic carbocycles. The van der Waals surface area contributed by atoms with Gasteiger partial charge >= 0.3 is 0 Å². The molecule has 5 heteroatoms. The Labute approximate surface area is 92.9 Å². The number of carbonyl (C=O) groups is 2. The zero-order valence-corrected chi connectivity index (χ0v) is 9.97. The van der Waals surface area contributed by atoms with Crippen LogP contribution in [-0.4, -0.2) is 21.5 Å². The highest BCUT2D eigenvalue weighted by Crippen LogP contribution is 2.40. The number of halogens is 2. The van der Waals surface area contributed by atoms with Crippen LogP contribution in [0, 0.1) is 11.8 Å². The second kappa shape index (κ2) is 3.35. The van der Waals surface area contributed by atoms with Crippen molar-refractivity contribution in [2.75, 3.05) is 0 Å². The topological polar surface area (TPSA) is 46.2 Å². The molecule has 1 heterocycles. The molecule has 0 radical (unpaired) electrons. The fraction of sp³-hybridized carbons (Fsp3) is 0.750. The van der Waals surface area contributed by atoms with Crippen LogP contribution in [0.4, 0.5) is 0 Å². The van der Waals surface area contributed by atoms with Crippen LogP contribution in [0.1, 0.15) is 12.8 Å². The second-order valence-corrected chi connectivity index (χ2v) is 5.92. The van der Waals surface area contributed by atoms with Crippen LogP contribution in [0.15, 0.2) is 0 Å². The molecule has 1 aliphatic carbocycles. The van der Waals surface area contributed by atoms with Gasteiger partial charge in [0.05, 0.1) is 11.8 Å². The van der Waals surface area contributed by atoms with Crippen molar-refractivity contribution in [1.82, 2.24) is 5.32 Å². The van der Waals surface area contributed by atoms with Gasteiger partial charge in [0.15, 0.2) is 0 Å². The summed E-state index contributed by atoms with van der Waals surface area (Å²) in [5.41, 5.74) is 0. The summed E-state index contributed by atoms with van der Waals surface area (Å²) >= 11 is 7.00. The maximum atomic E-state index is 11.3. The molecule has 2 aliphatic rings. The van der Waals surface area contributed by atoms with E-state index in [1.165, 1.54) is 0 Å². The van der Waals surface area contributed by atoms with Gasteiger partial charge in [0.1, 0.15) is 0 Å². The molecule has 2 rings (SSSR count). The molecule has 1 aliphatic heterocycles. The fourth-order valence-corrected chi connectivity index (χ4v) is 3.23. The van der Waals surface area contributed by atoms with Crippen LogP contribution in [0.25, 0.3) is 0 Å². The lowest BCUT2D eigenvalue weighted by atomic mass is 9.81. The Morgan fingerprint density at radius 2 is 1.38 bits per heavy atom. The van der Waals surface area contributed by atoms with Crippen molar-refractivity contribution >= 4 is 43.7 Å². The first-order chi connectivity index (χ1) is 6.09. The number of imide groups is 1. The van der Waals surface area contributed by atoms with E-state index in [0.29, 0.717) is 9.65 Å². The summed E-state index contributed by atoms with van der Waals surface area (Å²) in [6.07, 6.45) is 1.50. The van der Waals surface area contributed by atoms with Crippen LogP contribution in [0.5, 0.6) is 0 Å². The van der Waals surface area contributed by atoms with Crippen molar-refractivity contribution in [3.05, 3.63) is 0 Å². The average molecular weight is 311 g/mol. The normalized spacial score (nSPS) is 44.5. The summed E-state index contributed by atoms with van der Waals surface area (Å²) in [7, 11) is 0. The highest BCUT2D eigenvalue weighted by molar-refractivity contribution is 9.12. The number of fused-ring (bicyclic) bond motifs is 1. The molecule has 0 spiro atoms. The fourth-order valence-electron chi connectivity index (χ4n) is 2.00. The van der Waals surface area contributed by atoms with Crippen LogP contribution in [0.2, 0.25) is 0 Å². The Bertz CT molecular complexity index is 243. The molecule has 2 amide bonds. The Balaban J connectivity index is 2.19. The Morgan fingerprint density at radius 3 is 1.77 bits per heavy atom. The van der Waals surface area contributed by atoms with Gasteiger partial charge in [-0.25, -0.2) is 0 Å². The van der Waals surface area contributed by atoms with E-state index in [0.717, 1.165) is 12.8 Å². The molecule has 0 aromatic heterocycles. The zero-order valence-electron chi connectivity index (χ0n) is 6.80. The van der Waals surface area contributed by atoms with Gasteiger partial charge in [-0.3, -0.25) is 14.9 Å². The first-order valence-corrected chi connectivity index (χ1v) is 6.05. The minimum Gasteiger partial charge on any atom is -0.296 e. The second-order valence-electron chi connectivity index (χ2n) is 3.57. The molecule has 1 saturated heterocycles. The zero-order chi connectivity index (χ0) is 9.59. The minimum atomic E-state index is -0.106. The van der Waals surface area contributed by atoms with Gasteiger partial charge in [0, 0.05) is 9.65 Å².